The molecule has 0 N–H and O–H groups in total. The number of furan rings is 1. The maximum atomic E-state index is 5.99. The minimum Gasteiger partial charge on any atom is -0.456 e. The monoisotopic (exact) mass is 406 g/mol. The molecule has 0 spiro atoms. The lowest BCUT2D eigenvalue weighted by molar-refractivity contribution is 0.668. The zero-order valence-electron chi connectivity index (χ0n) is 7.93. The molecule has 0 unspecified atom stereocenters. The van der Waals surface area contributed by atoms with E-state index < -0.39 is 0 Å². The maximum Gasteiger partial charge on any atom is 0.138 e. The highest BCUT2D eigenvalue weighted by Gasteiger charge is 2.11. The summed E-state index contributed by atoms with van der Waals surface area (Å²) in [5, 5.41) is 2.86. The van der Waals surface area contributed by atoms with Crippen LogP contribution in [0.5, 0.6) is 0 Å². The second-order valence-corrected chi connectivity index (χ2v) is 6.04. The summed E-state index contributed by atoms with van der Waals surface area (Å²) in [6.45, 7) is 0. The highest BCUT2D eigenvalue weighted by Crippen LogP contribution is 2.36. The summed E-state index contributed by atoms with van der Waals surface area (Å²) in [5.74, 6) is 0. The number of rotatable bonds is 0. The molecular weight excluding hydrogens is 402 g/mol. The molecule has 0 amide bonds. The van der Waals surface area contributed by atoms with Gasteiger partial charge in [0.15, 0.2) is 0 Å². The van der Waals surface area contributed by atoms with Crippen LogP contribution >= 0.6 is 50.1 Å². The molecule has 2 aromatic carbocycles. The van der Waals surface area contributed by atoms with Crippen LogP contribution < -0.4 is 0 Å². The van der Waals surface area contributed by atoms with E-state index in [9.17, 15) is 0 Å². The molecule has 0 saturated carbocycles. The Hall–Kier alpha value is -0.260. The van der Waals surface area contributed by atoms with E-state index in [4.69, 9.17) is 16.0 Å². The number of halogens is 3. The Labute approximate surface area is 119 Å². The first-order valence-electron chi connectivity index (χ1n) is 4.62. The molecule has 0 aliphatic rings. The van der Waals surface area contributed by atoms with Gasteiger partial charge in [0.25, 0.3) is 0 Å². The van der Waals surface area contributed by atoms with Crippen molar-refractivity contribution in [3.05, 3.63) is 43.4 Å². The lowest BCUT2D eigenvalue weighted by atomic mass is 10.1. The van der Waals surface area contributed by atoms with E-state index in [-0.39, 0.29) is 0 Å². The fourth-order valence-electron chi connectivity index (χ4n) is 1.80. The van der Waals surface area contributed by atoms with E-state index >= 15 is 0 Å². The van der Waals surface area contributed by atoms with Gasteiger partial charge in [-0.25, -0.2) is 0 Å². The second-order valence-electron chi connectivity index (χ2n) is 3.50. The minimum atomic E-state index is 0.674. The van der Waals surface area contributed by atoms with Crippen LogP contribution in [0.3, 0.4) is 0 Å². The fourth-order valence-corrected chi connectivity index (χ4v) is 3.26. The third-order valence-corrected chi connectivity index (χ3v) is 3.97. The number of hydrogen-bond acceptors (Lipinski definition) is 1. The van der Waals surface area contributed by atoms with Gasteiger partial charge in [-0.15, -0.1) is 0 Å². The Bertz CT molecular complexity index is 705. The van der Waals surface area contributed by atoms with Gasteiger partial charge in [0.05, 0.1) is 0 Å². The molecule has 3 aromatic rings. The van der Waals surface area contributed by atoms with Crippen LogP contribution in [0.1, 0.15) is 0 Å². The zero-order chi connectivity index (χ0) is 11.3. The Morgan fingerprint density at radius 2 is 1.94 bits per heavy atom. The third kappa shape index (κ3) is 1.65. The van der Waals surface area contributed by atoms with Gasteiger partial charge in [0, 0.05) is 29.9 Å². The van der Waals surface area contributed by atoms with Gasteiger partial charge in [-0.3, -0.25) is 0 Å². The zero-order valence-corrected chi connectivity index (χ0v) is 12.4. The SMILES string of the molecule is Clc1cc(Br)c2c(c1)oc1cc(I)ccc12. The lowest BCUT2D eigenvalue weighted by Gasteiger charge is -1.95. The quantitative estimate of drug-likeness (QED) is 0.442. The predicted octanol–water partition coefficient (Wildman–Crippen LogP) is 5.61. The smallest absolute Gasteiger partial charge is 0.138 e. The number of benzene rings is 2. The Balaban J connectivity index is 2.56. The van der Waals surface area contributed by atoms with E-state index in [0.717, 1.165) is 30.0 Å². The van der Waals surface area contributed by atoms with Gasteiger partial charge in [-0.1, -0.05) is 11.6 Å². The molecule has 1 nitrogen and oxygen atoms in total. The molecular formula is C12H5BrClIO. The van der Waals surface area contributed by atoms with E-state index in [2.05, 4.69) is 50.7 Å². The van der Waals surface area contributed by atoms with Gasteiger partial charge in [-0.2, -0.15) is 0 Å². The number of hydrogen-bond donors (Lipinski definition) is 0. The van der Waals surface area contributed by atoms with Crippen LogP contribution in [-0.4, -0.2) is 0 Å². The first-order chi connectivity index (χ1) is 7.65. The van der Waals surface area contributed by atoms with Crippen LogP contribution in [0.15, 0.2) is 39.2 Å². The van der Waals surface area contributed by atoms with Crippen LogP contribution in [-0.2, 0) is 0 Å². The van der Waals surface area contributed by atoms with Gasteiger partial charge in [0.1, 0.15) is 11.2 Å². The van der Waals surface area contributed by atoms with Crippen molar-refractivity contribution in [2.45, 2.75) is 0 Å². The van der Waals surface area contributed by atoms with Crippen molar-refractivity contribution in [2.75, 3.05) is 0 Å². The molecule has 0 saturated heterocycles. The Kier molecular flexibility index (Phi) is 2.64. The lowest BCUT2D eigenvalue weighted by Crippen LogP contribution is -1.71. The highest BCUT2D eigenvalue weighted by atomic mass is 127. The van der Waals surface area contributed by atoms with E-state index in [0.29, 0.717) is 5.02 Å². The van der Waals surface area contributed by atoms with Crippen LogP contribution in [0, 0.1) is 3.57 Å². The largest absolute Gasteiger partial charge is 0.456 e. The summed E-state index contributed by atoms with van der Waals surface area (Å²) in [7, 11) is 0. The Morgan fingerprint density at radius 1 is 1.12 bits per heavy atom. The van der Waals surface area contributed by atoms with Gasteiger partial charge >= 0.3 is 0 Å². The van der Waals surface area contributed by atoms with Crippen molar-refractivity contribution in [1.82, 2.24) is 0 Å². The van der Waals surface area contributed by atoms with Crippen molar-refractivity contribution in [3.63, 3.8) is 0 Å². The normalized spacial score (nSPS) is 11.4. The molecule has 16 heavy (non-hydrogen) atoms. The summed E-state index contributed by atoms with van der Waals surface area (Å²) in [6, 6.07) is 9.89. The summed E-state index contributed by atoms with van der Waals surface area (Å²) >= 11 is 11.8. The molecule has 0 aliphatic carbocycles. The minimum absolute atomic E-state index is 0.674. The number of fused-ring (bicyclic) bond motifs is 3. The van der Waals surface area contributed by atoms with Gasteiger partial charge < -0.3 is 4.42 Å². The molecule has 0 radical (unpaired) electrons. The molecule has 1 heterocycles. The van der Waals surface area contributed by atoms with Crippen molar-refractivity contribution in [1.29, 1.82) is 0 Å². The third-order valence-electron chi connectivity index (χ3n) is 2.45. The first-order valence-corrected chi connectivity index (χ1v) is 6.87. The summed E-state index contributed by atoms with van der Waals surface area (Å²) in [5.41, 5.74) is 1.71. The molecule has 3 rings (SSSR count). The van der Waals surface area contributed by atoms with Crippen molar-refractivity contribution in [2.24, 2.45) is 0 Å². The first kappa shape index (κ1) is 10.9. The fraction of sp³-hybridized carbons (Fsp3) is 0. The van der Waals surface area contributed by atoms with E-state index in [1.165, 1.54) is 0 Å². The van der Waals surface area contributed by atoms with Crippen LogP contribution in [0.25, 0.3) is 21.9 Å². The van der Waals surface area contributed by atoms with Crippen molar-refractivity contribution < 1.29 is 4.42 Å². The van der Waals surface area contributed by atoms with E-state index in [1.54, 1.807) is 0 Å². The average Bonchev–Trinajstić information content (AvgIpc) is 2.54. The molecule has 0 aliphatic heterocycles. The van der Waals surface area contributed by atoms with E-state index in [1.807, 2.05) is 18.2 Å². The molecule has 0 bridgehead atoms. The maximum absolute atomic E-state index is 5.99. The molecule has 4 heteroatoms. The van der Waals surface area contributed by atoms with Crippen molar-refractivity contribution >= 4 is 72.1 Å². The predicted molar refractivity (Wildman–Crippen MR) is 79.1 cm³/mol. The Morgan fingerprint density at radius 3 is 2.75 bits per heavy atom. The highest BCUT2D eigenvalue weighted by molar-refractivity contribution is 14.1. The summed E-state index contributed by atoms with van der Waals surface area (Å²) < 4.78 is 7.90. The van der Waals surface area contributed by atoms with Gasteiger partial charge in [0.2, 0.25) is 0 Å². The molecule has 80 valence electrons. The second kappa shape index (κ2) is 3.89. The topological polar surface area (TPSA) is 13.1 Å². The van der Waals surface area contributed by atoms with Crippen LogP contribution in [0.4, 0.5) is 0 Å². The standard InChI is InChI=1S/C12H5BrClIO/c13-9-3-6(14)4-11-12(9)8-2-1-7(15)5-10(8)16-11/h1-5H. The summed E-state index contributed by atoms with van der Waals surface area (Å²) in [4.78, 5) is 0. The molecule has 0 atom stereocenters. The van der Waals surface area contributed by atoms with Gasteiger partial charge in [-0.05, 0) is 62.8 Å². The molecule has 0 fully saturated rings. The van der Waals surface area contributed by atoms with Crippen molar-refractivity contribution in [3.8, 4) is 0 Å². The van der Waals surface area contributed by atoms with Crippen LogP contribution in [0.2, 0.25) is 5.02 Å². The average molecular weight is 407 g/mol. The molecule has 1 aromatic heterocycles. The summed E-state index contributed by atoms with van der Waals surface area (Å²) in [6.07, 6.45) is 0.